The SMILES string of the molecule is Cc1[nH]c2c(C(Cc3ccccc3Cl)Nc3ccc(F)cc3)nccc2c1C. The molecule has 2 aromatic heterocycles. The van der Waals surface area contributed by atoms with Crippen LogP contribution in [0, 0.1) is 19.7 Å². The largest absolute Gasteiger partial charge is 0.376 e. The van der Waals surface area contributed by atoms with Gasteiger partial charge in [0.1, 0.15) is 5.82 Å². The number of hydrogen-bond acceptors (Lipinski definition) is 2. The number of halogens is 2. The van der Waals surface area contributed by atoms with Crippen LogP contribution in [0.2, 0.25) is 5.02 Å². The molecule has 28 heavy (non-hydrogen) atoms. The molecule has 0 saturated carbocycles. The average molecular weight is 394 g/mol. The number of benzene rings is 2. The van der Waals surface area contributed by atoms with E-state index in [4.69, 9.17) is 16.6 Å². The highest BCUT2D eigenvalue weighted by Gasteiger charge is 2.20. The first-order valence-electron chi connectivity index (χ1n) is 9.22. The van der Waals surface area contributed by atoms with Crippen molar-refractivity contribution in [2.75, 3.05) is 5.32 Å². The third kappa shape index (κ3) is 3.60. The number of aromatic nitrogens is 2. The molecule has 4 aromatic rings. The van der Waals surface area contributed by atoms with Crippen molar-refractivity contribution in [2.24, 2.45) is 0 Å². The van der Waals surface area contributed by atoms with Crippen LogP contribution in [0.5, 0.6) is 0 Å². The Bertz CT molecular complexity index is 1120. The van der Waals surface area contributed by atoms with Crippen LogP contribution < -0.4 is 5.32 Å². The lowest BCUT2D eigenvalue weighted by Gasteiger charge is -2.21. The van der Waals surface area contributed by atoms with Crippen molar-refractivity contribution in [2.45, 2.75) is 26.3 Å². The topological polar surface area (TPSA) is 40.7 Å². The van der Waals surface area contributed by atoms with Gasteiger partial charge in [-0.3, -0.25) is 4.98 Å². The van der Waals surface area contributed by atoms with Gasteiger partial charge in [0, 0.05) is 28.0 Å². The lowest BCUT2D eigenvalue weighted by Crippen LogP contribution is -2.16. The maximum Gasteiger partial charge on any atom is 0.123 e. The van der Waals surface area contributed by atoms with Gasteiger partial charge in [-0.05, 0) is 67.8 Å². The van der Waals surface area contributed by atoms with E-state index in [-0.39, 0.29) is 11.9 Å². The number of aryl methyl sites for hydroxylation is 2. The minimum Gasteiger partial charge on any atom is -0.376 e. The van der Waals surface area contributed by atoms with E-state index in [0.29, 0.717) is 6.42 Å². The predicted molar refractivity (Wildman–Crippen MR) is 113 cm³/mol. The summed E-state index contributed by atoms with van der Waals surface area (Å²) in [5.41, 5.74) is 6.14. The molecule has 3 nitrogen and oxygen atoms in total. The molecule has 0 spiro atoms. The second-order valence-electron chi connectivity index (χ2n) is 6.99. The van der Waals surface area contributed by atoms with Crippen LogP contribution in [0.25, 0.3) is 10.9 Å². The molecule has 0 fully saturated rings. The minimum absolute atomic E-state index is 0.133. The fourth-order valence-corrected chi connectivity index (χ4v) is 3.73. The average Bonchev–Trinajstić information content (AvgIpc) is 2.99. The summed E-state index contributed by atoms with van der Waals surface area (Å²) in [4.78, 5) is 8.17. The van der Waals surface area contributed by atoms with Crippen LogP contribution >= 0.6 is 11.6 Å². The van der Waals surface area contributed by atoms with E-state index in [2.05, 4.69) is 24.1 Å². The summed E-state index contributed by atoms with van der Waals surface area (Å²) in [7, 11) is 0. The van der Waals surface area contributed by atoms with Crippen LogP contribution in [-0.4, -0.2) is 9.97 Å². The molecular weight excluding hydrogens is 373 g/mol. The van der Waals surface area contributed by atoms with Crippen LogP contribution in [0.4, 0.5) is 10.1 Å². The molecular formula is C23H21ClFN3. The summed E-state index contributed by atoms with van der Waals surface area (Å²) in [6.45, 7) is 4.17. The van der Waals surface area contributed by atoms with E-state index in [9.17, 15) is 4.39 Å². The molecule has 0 bridgehead atoms. The van der Waals surface area contributed by atoms with Gasteiger partial charge in [-0.1, -0.05) is 29.8 Å². The molecule has 0 aliphatic carbocycles. The van der Waals surface area contributed by atoms with Gasteiger partial charge >= 0.3 is 0 Å². The summed E-state index contributed by atoms with van der Waals surface area (Å²) in [6, 6.07) is 16.1. The van der Waals surface area contributed by atoms with E-state index in [0.717, 1.165) is 38.6 Å². The normalized spacial score (nSPS) is 12.3. The lowest BCUT2D eigenvalue weighted by molar-refractivity contribution is 0.627. The molecule has 0 radical (unpaired) electrons. The fourth-order valence-electron chi connectivity index (χ4n) is 3.52. The number of fused-ring (bicyclic) bond motifs is 1. The highest BCUT2D eigenvalue weighted by atomic mass is 35.5. The number of H-pyrrole nitrogens is 1. The first kappa shape index (κ1) is 18.5. The number of nitrogens with one attached hydrogen (secondary N) is 2. The van der Waals surface area contributed by atoms with E-state index in [1.807, 2.05) is 36.5 Å². The van der Waals surface area contributed by atoms with Gasteiger partial charge in [0.25, 0.3) is 0 Å². The number of aromatic amines is 1. The second-order valence-corrected chi connectivity index (χ2v) is 7.40. The predicted octanol–water partition coefficient (Wildman–Crippen LogP) is 6.37. The minimum atomic E-state index is -0.260. The van der Waals surface area contributed by atoms with Crippen molar-refractivity contribution in [1.82, 2.24) is 9.97 Å². The van der Waals surface area contributed by atoms with Gasteiger partial charge in [0.15, 0.2) is 0 Å². The van der Waals surface area contributed by atoms with E-state index in [1.54, 1.807) is 12.1 Å². The maximum atomic E-state index is 13.3. The Kier molecular flexibility index (Phi) is 5.05. The quantitative estimate of drug-likeness (QED) is 0.413. The van der Waals surface area contributed by atoms with Crippen molar-refractivity contribution in [3.05, 3.63) is 94.1 Å². The van der Waals surface area contributed by atoms with Gasteiger partial charge < -0.3 is 10.3 Å². The molecule has 2 heterocycles. The Labute approximate surface area is 168 Å². The maximum absolute atomic E-state index is 13.3. The van der Waals surface area contributed by atoms with Crippen LogP contribution in [0.3, 0.4) is 0 Å². The van der Waals surface area contributed by atoms with E-state index in [1.165, 1.54) is 17.7 Å². The summed E-state index contributed by atoms with van der Waals surface area (Å²) in [5, 5.41) is 5.39. The summed E-state index contributed by atoms with van der Waals surface area (Å²) < 4.78 is 13.3. The Hall–Kier alpha value is -2.85. The molecule has 2 aromatic carbocycles. The molecule has 1 atom stereocenters. The van der Waals surface area contributed by atoms with Crippen LogP contribution in [0.1, 0.15) is 28.6 Å². The molecule has 0 aliphatic rings. The Morgan fingerprint density at radius 2 is 1.82 bits per heavy atom. The van der Waals surface area contributed by atoms with Gasteiger partial charge in [0.05, 0.1) is 17.3 Å². The second kappa shape index (κ2) is 7.64. The Morgan fingerprint density at radius 3 is 2.57 bits per heavy atom. The van der Waals surface area contributed by atoms with Crippen LogP contribution in [0.15, 0.2) is 60.8 Å². The first-order chi connectivity index (χ1) is 13.5. The summed E-state index contributed by atoms with van der Waals surface area (Å²) in [6.07, 6.45) is 2.49. The zero-order chi connectivity index (χ0) is 19.7. The van der Waals surface area contributed by atoms with Crippen LogP contribution in [-0.2, 0) is 6.42 Å². The highest BCUT2D eigenvalue weighted by molar-refractivity contribution is 6.31. The van der Waals surface area contributed by atoms with Crippen molar-refractivity contribution in [1.29, 1.82) is 0 Å². The summed E-state index contributed by atoms with van der Waals surface area (Å²) >= 11 is 6.42. The lowest BCUT2D eigenvalue weighted by atomic mass is 10.0. The number of nitrogens with zero attached hydrogens (tertiary/aromatic N) is 1. The molecule has 142 valence electrons. The third-order valence-electron chi connectivity index (χ3n) is 5.16. The Balaban J connectivity index is 1.79. The molecule has 4 rings (SSSR count). The first-order valence-corrected chi connectivity index (χ1v) is 9.60. The molecule has 0 saturated heterocycles. The van der Waals surface area contributed by atoms with E-state index < -0.39 is 0 Å². The number of hydrogen-bond donors (Lipinski definition) is 2. The van der Waals surface area contributed by atoms with Gasteiger partial charge in [-0.15, -0.1) is 0 Å². The van der Waals surface area contributed by atoms with Gasteiger partial charge in [-0.25, -0.2) is 4.39 Å². The number of rotatable bonds is 5. The monoisotopic (exact) mass is 393 g/mol. The van der Waals surface area contributed by atoms with Crippen molar-refractivity contribution in [3.63, 3.8) is 0 Å². The van der Waals surface area contributed by atoms with Gasteiger partial charge in [0.2, 0.25) is 0 Å². The third-order valence-corrected chi connectivity index (χ3v) is 5.53. The number of pyridine rings is 1. The standard InChI is InChI=1S/C23H21ClFN3/c1-14-15(2)27-22-19(14)11-12-26-23(22)21(13-16-5-3-4-6-20(16)24)28-18-9-7-17(25)8-10-18/h3-12,21,27-28H,13H2,1-2H3. The fraction of sp³-hybridized carbons (Fsp3) is 0.174. The zero-order valence-electron chi connectivity index (χ0n) is 15.8. The smallest absolute Gasteiger partial charge is 0.123 e. The molecule has 0 aliphatic heterocycles. The van der Waals surface area contributed by atoms with Crippen molar-refractivity contribution in [3.8, 4) is 0 Å². The number of anilines is 1. The zero-order valence-corrected chi connectivity index (χ0v) is 16.5. The van der Waals surface area contributed by atoms with E-state index >= 15 is 0 Å². The Morgan fingerprint density at radius 1 is 1.07 bits per heavy atom. The van der Waals surface area contributed by atoms with Crippen molar-refractivity contribution >= 4 is 28.2 Å². The molecule has 5 heteroatoms. The molecule has 0 amide bonds. The highest BCUT2D eigenvalue weighted by Crippen LogP contribution is 2.31. The molecule has 2 N–H and O–H groups in total. The molecule has 1 unspecified atom stereocenters. The van der Waals surface area contributed by atoms with Gasteiger partial charge in [-0.2, -0.15) is 0 Å². The van der Waals surface area contributed by atoms with Crippen molar-refractivity contribution < 1.29 is 4.39 Å². The summed E-state index contributed by atoms with van der Waals surface area (Å²) in [5.74, 6) is -0.260.